The lowest BCUT2D eigenvalue weighted by Gasteiger charge is -2.19. The molecule has 4 heteroatoms. The number of halogens is 1. The molecule has 35 heavy (non-hydrogen) atoms. The van der Waals surface area contributed by atoms with E-state index in [1.807, 2.05) is 66.7 Å². The Hall–Kier alpha value is -3.95. The number of rotatable bonds is 3. The van der Waals surface area contributed by atoms with E-state index in [1.54, 1.807) is 0 Å². The average Bonchev–Trinajstić information content (AvgIpc) is 3.26. The van der Waals surface area contributed by atoms with Crippen molar-refractivity contribution in [1.82, 2.24) is 0 Å². The van der Waals surface area contributed by atoms with E-state index in [1.165, 1.54) is 0 Å². The van der Waals surface area contributed by atoms with Crippen LogP contribution in [-0.4, -0.2) is 11.5 Å². The summed E-state index contributed by atoms with van der Waals surface area (Å²) >= 11 is 6.59. The van der Waals surface area contributed by atoms with E-state index >= 15 is 0 Å². The van der Waals surface area contributed by atoms with Crippen LogP contribution in [0.4, 0.5) is 0 Å². The maximum atomic E-state index is 6.59. The number of para-hydroxylation sites is 1. The molecule has 3 nitrogen and oxygen atoms in total. The molecule has 1 aromatic heterocycles. The minimum atomic E-state index is 0.137. The van der Waals surface area contributed by atoms with E-state index in [-0.39, 0.29) is 5.92 Å². The molecule has 0 radical (unpaired) electrons. The molecule has 1 aliphatic rings. The van der Waals surface area contributed by atoms with Crippen molar-refractivity contribution in [3.8, 4) is 0 Å². The smallest absolute Gasteiger partial charge is 0.160 e. The summed E-state index contributed by atoms with van der Waals surface area (Å²) in [6, 6.07) is 32.4. The van der Waals surface area contributed by atoms with Crippen LogP contribution in [-0.2, 0) is 0 Å². The van der Waals surface area contributed by atoms with E-state index in [0.29, 0.717) is 10.9 Å². The molecule has 5 aromatic rings. The number of aliphatic imine (C=N–C) groups is 2. The Morgan fingerprint density at radius 1 is 0.771 bits per heavy atom. The Kier molecular flexibility index (Phi) is 5.55. The highest BCUT2D eigenvalue weighted by Crippen LogP contribution is 2.36. The fourth-order valence-electron chi connectivity index (χ4n) is 4.67. The van der Waals surface area contributed by atoms with Crippen LogP contribution >= 0.6 is 11.6 Å². The van der Waals surface area contributed by atoms with Crippen LogP contribution in [0, 0.1) is 5.92 Å². The number of amidine groups is 1. The molecule has 0 fully saturated rings. The van der Waals surface area contributed by atoms with Crippen molar-refractivity contribution in [2.75, 3.05) is 0 Å². The van der Waals surface area contributed by atoms with Gasteiger partial charge < -0.3 is 4.42 Å². The van der Waals surface area contributed by atoms with Gasteiger partial charge in [0.15, 0.2) is 5.84 Å². The van der Waals surface area contributed by atoms with Crippen molar-refractivity contribution in [1.29, 1.82) is 0 Å². The third kappa shape index (κ3) is 4.09. The highest BCUT2D eigenvalue weighted by Gasteiger charge is 2.22. The molecule has 0 N–H and O–H groups in total. The molecule has 0 saturated heterocycles. The maximum absolute atomic E-state index is 6.59. The monoisotopic (exact) mass is 474 g/mol. The van der Waals surface area contributed by atoms with Gasteiger partial charge in [0.25, 0.3) is 0 Å². The van der Waals surface area contributed by atoms with Crippen molar-refractivity contribution in [3.05, 3.63) is 125 Å². The number of furan rings is 1. The third-order valence-electron chi connectivity index (χ3n) is 6.40. The van der Waals surface area contributed by atoms with Crippen LogP contribution in [0.3, 0.4) is 0 Å². The Balaban J connectivity index is 1.61. The number of fused-ring (bicyclic) bond motifs is 3. The molecule has 0 bridgehead atoms. The molecule has 0 aliphatic carbocycles. The fourth-order valence-corrected chi connectivity index (χ4v) is 4.87. The van der Waals surface area contributed by atoms with Gasteiger partial charge in [-0.3, -0.25) is 0 Å². The average molecular weight is 475 g/mol. The van der Waals surface area contributed by atoms with Gasteiger partial charge in [-0.25, -0.2) is 9.98 Å². The Morgan fingerprint density at radius 2 is 1.46 bits per heavy atom. The first-order valence-corrected chi connectivity index (χ1v) is 12.1. The number of hydrogen-bond donors (Lipinski definition) is 0. The summed E-state index contributed by atoms with van der Waals surface area (Å²) in [6.45, 7) is 2.21. The van der Waals surface area contributed by atoms with Gasteiger partial charge in [0.2, 0.25) is 0 Å². The Morgan fingerprint density at radius 3 is 2.23 bits per heavy atom. The van der Waals surface area contributed by atoms with Crippen LogP contribution in [0.5, 0.6) is 0 Å². The molecule has 1 aliphatic heterocycles. The van der Waals surface area contributed by atoms with Crippen molar-refractivity contribution in [2.45, 2.75) is 13.3 Å². The number of hydrogen-bond acceptors (Lipinski definition) is 3. The van der Waals surface area contributed by atoms with Gasteiger partial charge in [-0.15, -0.1) is 0 Å². The Bertz CT molecular complexity index is 1630. The van der Waals surface area contributed by atoms with Gasteiger partial charge in [-0.2, -0.15) is 0 Å². The molecular formula is C31H23ClN2O. The second-order valence-corrected chi connectivity index (χ2v) is 9.25. The first-order valence-electron chi connectivity index (χ1n) is 11.8. The highest BCUT2D eigenvalue weighted by molar-refractivity contribution is 6.33. The molecule has 4 aromatic carbocycles. The molecule has 1 unspecified atom stereocenters. The summed E-state index contributed by atoms with van der Waals surface area (Å²) in [5.74, 6) is 0.821. The van der Waals surface area contributed by atoms with Crippen molar-refractivity contribution < 1.29 is 4.42 Å². The lowest BCUT2D eigenvalue weighted by molar-refractivity contribution is 0.669. The summed E-state index contributed by atoms with van der Waals surface area (Å²) in [6.07, 6.45) is 3.02. The van der Waals surface area contributed by atoms with Gasteiger partial charge >= 0.3 is 0 Å². The zero-order chi connectivity index (χ0) is 23.8. The molecule has 170 valence electrons. The lowest BCUT2D eigenvalue weighted by Crippen LogP contribution is -2.17. The van der Waals surface area contributed by atoms with Crippen molar-refractivity contribution in [2.24, 2.45) is 15.9 Å². The third-order valence-corrected chi connectivity index (χ3v) is 6.62. The molecule has 6 rings (SSSR count). The summed E-state index contributed by atoms with van der Waals surface area (Å²) < 4.78 is 6.16. The summed E-state index contributed by atoms with van der Waals surface area (Å²) in [4.78, 5) is 10.3. The predicted octanol–water partition coefficient (Wildman–Crippen LogP) is 8.56. The van der Waals surface area contributed by atoms with Crippen LogP contribution in [0.1, 0.15) is 30.0 Å². The van der Waals surface area contributed by atoms with Gasteiger partial charge in [-0.05, 0) is 24.1 Å². The van der Waals surface area contributed by atoms with Crippen LogP contribution in [0.15, 0.2) is 118 Å². The van der Waals surface area contributed by atoms with Crippen LogP contribution < -0.4 is 0 Å². The summed E-state index contributed by atoms with van der Waals surface area (Å²) in [7, 11) is 0. The summed E-state index contributed by atoms with van der Waals surface area (Å²) in [5, 5.41) is 2.72. The molecule has 2 heterocycles. The Labute approximate surface area is 209 Å². The molecule has 0 saturated carbocycles. The fraction of sp³-hybridized carbons (Fsp3) is 0.0968. The second-order valence-electron chi connectivity index (χ2n) is 8.82. The van der Waals surface area contributed by atoms with Crippen molar-refractivity contribution in [3.63, 3.8) is 0 Å². The largest absolute Gasteiger partial charge is 0.456 e. The predicted molar refractivity (Wildman–Crippen MR) is 146 cm³/mol. The quantitative estimate of drug-likeness (QED) is 0.258. The SMILES string of the molecule is CC1C/C=C(\c2ccccc2)N=C(c2ccccc2)N=C1c1cc(Cl)cc2oc3ccccc3c12. The van der Waals surface area contributed by atoms with E-state index in [4.69, 9.17) is 26.0 Å². The number of benzene rings is 4. The summed E-state index contributed by atoms with van der Waals surface area (Å²) in [5.41, 5.74) is 6.54. The van der Waals surface area contributed by atoms with Crippen LogP contribution in [0.2, 0.25) is 5.02 Å². The molecule has 0 spiro atoms. The van der Waals surface area contributed by atoms with E-state index in [2.05, 4.69) is 43.3 Å². The number of nitrogens with zero attached hydrogens (tertiary/aromatic N) is 2. The van der Waals surface area contributed by atoms with Crippen LogP contribution in [0.25, 0.3) is 27.6 Å². The first-order chi connectivity index (χ1) is 17.2. The molecule has 0 amide bonds. The molecular weight excluding hydrogens is 452 g/mol. The highest BCUT2D eigenvalue weighted by atomic mass is 35.5. The normalized spacial score (nSPS) is 17.9. The topological polar surface area (TPSA) is 37.9 Å². The minimum absolute atomic E-state index is 0.137. The van der Waals surface area contributed by atoms with Gasteiger partial charge in [0, 0.05) is 38.9 Å². The minimum Gasteiger partial charge on any atom is -0.456 e. The van der Waals surface area contributed by atoms with Crippen molar-refractivity contribution >= 4 is 50.8 Å². The zero-order valence-corrected chi connectivity index (χ0v) is 20.0. The van der Waals surface area contributed by atoms with Gasteiger partial charge in [0.05, 0.1) is 11.4 Å². The lowest BCUT2D eigenvalue weighted by atomic mass is 9.91. The van der Waals surface area contributed by atoms with Gasteiger partial charge in [-0.1, -0.05) is 103 Å². The number of allylic oxidation sites excluding steroid dienone is 1. The first kappa shape index (κ1) is 21.6. The van der Waals surface area contributed by atoms with E-state index in [9.17, 15) is 0 Å². The van der Waals surface area contributed by atoms with E-state index < -0.39 is 0 Å². The maximum Gasteiger partial charge on any atom is 0.160 e. The van der Waals surface area contributed by atoms with Gasteiger partial charge in [0.1, 0.15) is 11.2 Å². The zero-order valence-electron chi connectivity index (χ0n) is 19.3. The second kappa shape index (κ2) is 9.01. The van der Waals surface area contributed by atoms with E-state index in [0.717, 1.165) is 56.5 Å². The molecule has 1 atom stereocenters. The standard InChI is InChI=1S/C31H23ClN2O/c1-20-16-17-26(21-10-4-2-5-11-21)33-31(22-12-6-3-7-13-22)34-30(20)25-18-23(32)19-28-29(25)24-14-8-9-15-27(24)35-28/h2-15,17-20H,16H2,1H3/b26-17+,33-31?,34-30?.